The Kier molecular flexibility index (Phi) is 3.22. The summed E-state index contributed by atoms with van der Waals surface area (Å²) in [6.45, 7) is 0.195. The molecular weight excluding hydrogens is 170 g/mol. The normalized spacial score (nSPS) is 12.1. The number of aromatic nitrogens is 1. The van der Waals surface area contributed by atoms with Crippen molar-refractivity contribution in [2.75, 3.05) is 11.9 Å². The molecule has 0 aliphatic rings. The predicted octanol–water partition coefficient (Wildman–Crippen LogP) is -0.0946. The van der Waals surface area contributed by atoms with Gasteiger partial charge >= 0.3 is 5.97 Å². The van der Waals surface area contributed by atoms with Crippen LogP contribution in [0.2, 0.25) is 0 Å². The van der Waals surface area contributed by atoms with Crippen LogP contribution in [0, 0.1) is 0 Å². The highest BCUT2D eigenvalue weighted by Crippen LogP contribution is 2.01. The Hall–Kier alpha value is -1.62. The Morgan fingerprint density at radius 3 is 3.08 bits per heavy atom. The third-order valence-electron chi connectivity index (χ3n) is 1.50. The van der Waals surface area contributed by atoms with E-state index in [1.807, 2.05) is 0 Å². The van der Waals surface area contributed by atoms with Crippen molar-refractivity contribution in [3.63, 3.8) is 0 Å². The van der Waals surface area contributed by atoms with Gasteiger partial charge in [0.05, 0.1) is 5.69 Å². The summed E-state index contributed by atoms with van der Waals surface area (Å²) in [5, 5.41) is 11.3. The summed E-state index contributed by atoms with van der Waals surface area (Å²) in [7, 11) is 0. The molecule has 0 bridgehead atoms. The fraction of sp³-hybridized carbons (Fsp3) is 0.250. The second-order valence-electron chi connectivity index (χ2n) is 2.57. The average Bonchev–Trinajstić information content (AvgIpc) is 2.15. The molecule has 1 rings (SSSR count). The van der Waals surface area contributed by atoms with Crippen LogP contribution in [-0.2, 0) is 4.79 Å². The zero-order valence-corrected chi connectivity index (χ0v) is 6.97. The van der Waals surface area contributed by atoms with Crippen molar-refractivity contribution in [2.24, 2.45) is 5.73 Å². The van der Waals surface area contributed by atoms with Crippen LogP contribution in [0.25, 0.3) is 0 Å². The lowest BCUT2D eigenvalue weighted by Crippen LogP contribution is -2.36. The van der Waals surface area contributed by atoms with Crippen LogP contribution >= 0.6 is 0 Å². The number of hydrogen-bond acceptors (Lipinski definition) is 4. The van der Waals surface area contributed by atoms with E-state index in [2.05, 4.69) is 10.3 Å². The maximum Gasteiger partial charge on any atom is 0.322 e. The van der Waals surface area contributed by atoms with Crippen LogP contribution in [0.4, 0.5) is 5.69 Å². The number of nitrogens with zero attached hydrogens (tertiary/aromatic N) is 1. The van der Waals surface area contributed by atoms with Gasteiger partial charge in [0.2, 0.25) is 0 Å². The van der Waals surface area contributed by atoms with E-state index < -0.39 is 12.0 Å². The number of nitrogens with two attached hydrogens (primary N) is 1. The quantitative estimate of drug-likeness (QED) is 0.604. The Bertz CT molecular complexity index is 276. The van der Waals surface area contributed by atoms with Gasteiger partial charge in [0.15, 0.2) is 0 Å². The van der Waals surface area contributed by atoms with Crippen LogP contribution in [-0.4, -0.2) is 28.6 Å². The molecule has 0 radical (unpaired) electrons. The maximum atomic E-state index is 10.3. The van der Waals surface area contributed by atoms with Gasteiger partial charge in [0.25, 0.3) is 0 Å². The molecule has 0 aliphatic heterocycles. The zero-order valence-electron chi connectivity index (χ0n) is 6.97. The lowest BCUT2D eigenvalue weighted by atomic mass is 10.3. The number of nitrogens with one attached hydrogen (secondary N) is 1. The Morgan fingerprint density at radius 1 is 1.77 bits per heavy atom. The molecule has 13 heavy (non-hydrogen) atoms. The lowest BCUT2D eigenvalue weighted by Gasteiger charge is -2.08. The fourth-order valence-electron chi connectivity index (χ4n) is 0.782. The minimum Gasteiger partial charge on any atom is -0.480 e. The minimum absolute atomic E-state index is 0.195. The van der Waals surface area contributed by atoms with Gasteiger partial charge < -0.3 is 16.2 Å². The first-order valence-corrected chi connectivity index (χ1v) is 3.82. The molecule has 1 aromatic rings. The van der Waals surface area contributed by atoms with Gasteiger partial charge in [-0.3, -0.25) is 9.78 Å². The number of aliphatic carboxylic acids is 1. The molecule has 0 amide bonds. The molecule has 1 aromatic heterocycles. The molecule has 0 saturated heterocycles. The first-order chi connectivity index (χ1) is 6.20. The molecule has 0 fully saturated rings. The second-order valence-corrected chi connectivity index (χ2v) is 2.57. The van der Waals surface area contributed by atoms with Gasteiger partial charge in [0, 0.05) is 18.9 Å². The van der Waals surface area contributed by atoms with Crippen molar-refractivity contribution in [1.82, 2.24) is 4.98 Å². The fourth-order valence-corrected chi connectivity index (χ4v) is 0.782. The van der Waals surface area contributed by atoms with E-state index in [1.54, 1.807) is 24.5 Å². The van der Waals surface area contributed by atoms with Crippen molar-refractivity contribution in [2.45, 2.75) is 6.04 Å². The van der Waals surface area contributed by atoms with Gasteiger partial charge in [0.1, 0.15) is 6.04 Å². The highest BCUT2D eigenvalue weighted by atomic mass is 16.4. The van der Waals surface area contributed by atoms with E-state index in [1.165, 1.54) is 0 Å². The third kappa shape index (κ3) is 3.08. The number of rotatable bonds is 4. The number of hydrogen-bond donors (Lipinski definition) is 3. The highest BCUT2D eigenvalue weighted by Gasteiger charge is 2.09. The molecule has 1 atom stereocenters. The SMILES string of the molecule is NC(CNc1cccnc1)C(=O)O. The van der Waals surface area contributed by atoms with Gasteiger partial charge in [-0.2, -0.15) is 0 Å². The van der Waals surface area contributed by atoms with Crippen LogP contribution in [0.5, 0.6) is 0 Å². The van der Waals surface area contributed by atoms with Crippen molar-refractivity contribution in [3.8, 4) is 0 Å². The topological polar surface area (TPSA) is 88.2 Å². The summed E-state index contributed by atoms with van der Waals surface area (Å²) in [6.07, 6.45) is 3.25. The summed E-state index contributed by atoms with van der Waals surface area (Å²) in [4.78, 5) is 14.2. The van der Waals surface area contributed by atoms with Crippen molar-refractivity contribution < 1.29 is 9.90 Å². The van der Waals surface area contributed by atoms with Crippen molar-refractivity contribution in [1.29, 1.82) is 0 Å². The summed E-state index contributed by atoms with van der Waals surface area (Å²) in [6, 6.07) is 2.66. The number of carbonyl (C=O) groups is 1. The van der Waals surface area contributed by atoms with Crippen molar-refractivity contribution >= 4 is 11.7 Å². The standard InChI is InChI=1S/C8H11N3O2/c9-7(8(12)13)5-11-6-2-1-3-10-4-6/h1-4,7,11H,5,9H2,(H,12,13). The number of carboxylic acid groups (broad SMARTS) is 1. The molecule has 70 valence electrons. The molecule has 5 nitrogen and oxygen atoms in total. The van der Waals surface area contributed by atoms with Gasteiger partial charge in [-0.25, -0.2) is 0 Å². The molecule has 1 heterocycles. The van der Waals surface area contributed by atoms with Crippen LogP contribution in [0.3, 0.4) is 0 Å². The van der Waals surface area contributed by atoms with Gasteiger partial charge in [-0.1, -0.05) is 0 Å². The lowest BCUT2D eigenvalue weighted by molar-refractivity contribution is -0.138. The smallest absolute Gasteiger partial charge is 0.322 e. The zero-order chi connectivity index (χ0) is 9.68. The Morgan fingerprint density at radius 2 is 2.54 bits per heavy atom. The molecule has 0 aliphatic carbocycles. The molecule has 5 heteroatoms. The molecule has 0 aromatic carbocycles. The number of anilines is 1. The first kappa shape index (κ1) is 9.47. The van der Waals surface area contributed by atoms with Crippen molar-refractivity contribution in [3.05, 3.63) is 24.5 Å². The predicted molar refractivity (Wildman–Crippen MR) is 48.3 cm³/mol. The maximum absolute atomic E-state index is 10.3. The summed E-state index contributed by atoms with van der Waals surface area (Å²) >= 11 is 0. The molecule has 1 unspecified atom stereocenters. The van der Waals surface area contributed by atoms with E-state index in [-0.39, 0.29) is 6.54 Å². The first-order valence-electron chi connectivity index (χ1n) is 3.82. The Labute approximate surface area is 75.6 Å². The highest BCUT2D eigenvalue weighted by molar-refractivity contribution is 5.73. The van der Waals surface area contributed by atoms with Crippen LogP contribution < -0.4 is 11.1 Å². The third-order valence-corrected chi connectivity index (χ3v) is 1.50. The molecule has 0 spiro atoms. The minimum atomic E-state index is -1.02. The molecule has 4 N–H and O–H groups in total. The van der Waals surface area contributed by atoms with Crippen LogP contribution in [0.15, 0.2) is 24.5 Å². The van der Waals surface area contributed by atoms with E-state index >= 15 is 0 Å². The molecule has 0 saturated carbocycles. The number of carboxylic acids is 1. The Balaban J connectivity index is 2.39. The largest absolute Gasteiger partial charge is 0.480 e. The second kappa shape index (κ2) is 4.42. The summed E-state index contributed by atoms with van der Waals surface area (Å²) in [5.74, 6) is -1.02. The summed E-state index contributed by atoms with van der Waals surface area (Å²) in [5.41, 5.74) is 6.05. The summed E-state index contributed by atoms with van der Waals surface area (Å²) < 4.78 is 0. The van der Waals surface area contributed by atoms with E-state index in [0.717, 1.165) is 5.69 Å². The van der Waals surface area contributed by atoms with E-state index in [9.17, 15) is 4.79 Å². The number of pyridine rings is 1. The van der Waals surface area contributed by atoms with E-state index in [4.69, 9.17) is 10.8 Å². The monoisotopic (exact) mass is 181 g/mol. The van der Waals surface area contributed by atoms with Crippen LogP contribution in [0.1, 0.15) is 0 Å². The van der Waals surface area contributed by atoms with Gasteiger partial charge in [-0.15, -0.1) is 0 Å². The average molecular weight is 181 g/mol. The molecular formula is C8H11N3O2. The van der Waals surface area contributed by atoms with E-state index in [0.29, 0.717) is 0 Å². The van der Waals surface area contributed by atoms with Gasteiger partial charge in [-0.05, 0) is 12.1 Å².